The predicted octanol–water partition coefficient (Wildman–Crippen LogP) is 3.71. The fourth-order valence-electron chi connectivity index (χ4n) is 2.49. The van der Waals surface area contributed by atoms with Crippen molar-refractivity contribution in [2.24, 2.45) is 0 Å². The van der Waals surface area contributed by atoms with E-state index in [2.05, 4.69) is 22.4 Å². The first kappa shape index (κ1) is 13.7. The maximum atomic E-state index is 13.5. The molecular formula is C18H17FN2. The van der Waals surface area contributed by atoms with Crippen LogP contribution >= 0.6 is 0 Å². The Bertz CT molecular complexity index is 735. The second-order valence-corrected chi connectivity index (χ2v) is 5.03. The summed E-state index contributed by atoms with van der Waals surface area (Å²) in [5.74, 6) is -0.129. The molecule has 0 amide bonds. The number of hydrogen-bond donors (Lipinski definition) is 1. The van der Waals surface area contributed by atoms with Crippen LogP contribution in [0.25, 0.3) is 10.8 Å². The van der Waals surface area contributed by atoms with Gasteiger partial charge in [0.1, 0.15) is 5.82 Å². The Labute approximate surface area is 123 Å². The number of halogens is 1. The molecule has 1 aromatic heterocycles. The third kappa shape index (κ3) is 3.26. The molecule has 3 rings (SSSR count). The normalized spacial score (nSPS) is 10.9. The molecule has 0 unspecified atom stereocenters. The number of nitrogens with zero attached hydrogens (tertiary/aromatic N) is 1. The Hall–Kier alpha value is -2.26. The Kier molecular flexibility index (Phi) is 4.22. The molecule has 2 aromatic carbocycles. The highest BCUT2D eigenvalue weighted by molar-refractivity contribution is 5.84. The quantitative estimate of drug-likeness (QED) is 0.721. The first-order valence-electron chi connectivity index (χ1n) is 7.10. The molecule has 0 bridgehead atoms. The Morgan fingerprint density at radius 3 is 2.71 bits per heavy atom. The van der Waals surface area contributed by atoms with Crippen LogP contribution in [0.3, 0.4) is 0 Å². The number of rotatable bonds is 5. The van der Waals surface area contributed by atoms with Gasteiger partial charge in [0.15, 0.2) is 0 Å². The Morgan fingerprint density at radius 1 is 0.952 bits per heavy atom. The molecule has 0 saturated heterocycles. The molecule has 0 fully saturated rings. The molecule has 0 spiro atoms. The van der Waals surface area contributed by atoms with E-state index in [1.165, 1.54) is 17.0 Å². The second kappa shape index (κ2) is 6.46. The fourth-order valence-corrected chi connectivity index (χ4v) is 2.49. The minimum Gasteiger partial charge on any atom is -0.312 e. The highest BCUT2D eigenvalue weighted by Gasteiger charge is 2.02. The van der Waals surface area contributed by atoms with Crippen molar-refractivity contribution in [1.29, 1.82) is 0 Å². The van der Waals surface area contributed by atoms with Crippen molar-refractivity contribution >= 4 is 10.8 Å². The van der Waals surface area contributed by atoms with Gasteiger partial charge in [0.05, 0.1) is 0 Å². The number of hydrogen-bond acceptors (Lipinski definition) is 2. The van der Waals surface area contributed by atoms with Crippen LogP contribution in [0.5, 0.6) is 0 Å². The molecule has 106 valence electrons. The van der Waals surface area contributed by atoms with E-state index in [1.807, 2.05) is 36.7 Å². The van der Waals surface area contributed by atoms with Crippen LogP contribution in [0.2, 0.25) is 0 Å². The monoisotopic (exact) mass is 280 g/mol. The summed E-state index contributed by atoms with van der Waals surface area (Å²) in [6, 6.07) is 15.2. The average molecular weight is 280 g/mol. The molecule has 0 atom stereocenters. The zero-order valence-electron chi connectivity index (χ0n) is 11.7. The zero-order chi connectivity index (χ0) is 14.5. The lowest BCUT2D eigenvalue weighted by molar-refractivity contribution is 0.598. The summed E-state index contributed by atoms with van der Waals surface area (Å²) in [5.41, 5.74) is 2.00. The molecule has 1 N–H and O–H groups in total. The fraction of sp³-hybridized carbons (Fsp3) is 0.167. The lowest BCUT2D eigenvalue weighted by atomic mass is 10.1. The summed E-state index contributed by atoms with van der Waals surface area (Å²) in [6.45, 7) is 1.53. The molecule has 0 aliphatic rings. The van der Waals surface area contributed by atoms with Crippen LogP contribution in [0.4, 0.5) is 4.39 Å². The van der Waals surface area contributed by atoms with Crippen molar-refractivity contribution in [3.63, 3.8) is 0 Å². The number of benzene rings is 2. The van der Waals surface area contributed by atoms with Gasteiger partial charge in [0.2, 0.25) is 0 Å². The molecule has 0 radical (unpaired) electrons. The van der Waals surface area contributed by atoms with E-state index >= 15 is 0 Å². The zero-order valence-corrected chi connectivity index (χ0v) is 11.7. The SMILES string of the molecule is Fc1ccccc1CCNCc1cccc2cnccc12. The molecule has 21 heavy (non-hydrogen) atoms. The van der Waals surface area contributed by atoms with Gasteiger partial charge in [-0.05, 0) is 41.6 Å². The van der Waals surface area contributed by atoms with E-state index in [-0.39, 0.29) is 5.82 Å². The van der Waals surface area contributed by atoms with E-state index in [0.29, 0.717) is 6.42 Å². The van der Waals surface area contributed by atoms with Gasteiger partial charge in [-0.1, -0.05) is 36.4 Å². The van der Waals surface area contributed by atoms with Gasteiger partial charge in [0, 0.05) is 24.3 Å². The topological polar surface area (TPSA) is 24.9 Å². The second-order valence-electron chi connectivity index (χ2n) is 5.03. The van der Waals surface area contributed by atoms with Crippen molar-refractivity contribution in [3.8, 4) is 0 Å². The lowest BCUT2D eigenvalue weighted by Crippen LogP contribution is -2.17. The van der Waals surface area contributed by atoms with Gasteiger partial charge >= 0.3 is 0 Å². The van der Waals surface area contributed by atoms with E-state index in [4.69, 9.17) is 0 Å². The first-order chi connectivity index (χ1) is 10.3. The molecular weight excluding hydrogens is 263 g/mol. The largest absolute Gasteiger partial charge is 0.312 e. The summed E-state index contributed by atoms with van der Waals surface area (Å²) in [7, 11) is 0. The number of fused-ring (bicyclic) bond motifs is 1. The minimum atomic E-state index is -0.129. The van der Waals surface area contributed by atoms with E-state index in [0.717, 1.165) is 24.0 Å². The standard InChI is InChI=1S/C18H17FN2/c19-18-7-2-1-4-14(18)8-10-20-12-15-5-3-6-16-13-21-11-9-17(15)16/h1-7,9,11,13,20H,8,10,12H2. The van der Waals surface area contributed by atoms with Gasteiger partial charge in [0.25, 0.3) is 0 Å². The Balaban J connectivity index is 1.61. The van der Waals surface area contributed by atoms with E-state index in [1.54, 1.807) is 6.07 Å². The third-order valence-corrected chi connectivity index (χ3v) is 3.62. The third-order valence-electron chi connectivity index (χ3n) is 3.62. The van der Waals surface area contributed by atoms with Gasteiger partial charge in [-0.3, -0.25) is 4.98 Å². The molecule has 0 saturated carbocycles. The smallest absolute Gasteiger partial charge is 0.126 e. The van der Waals surface area contributed by atoms with Crippen molar-refractivity contribution in [3.05, 3.63) is 77.9 Å². The Morgan fingerprint density at radius 2 is 1.81 bits per heavy atom. The van der Waals surface area contributed by atoms with Crippen LogP contribution in [-0.4, -0.2) is 11.5 Å². The van der Waals surface area contributed by atoms with Crippen molar-refractivity contribution in [1.82, 2.24) is 10.3 Å². The van der Waals surface area contributed by atoms with Crippen LogP contribution < -0.4 is 5.32 Å². The molecule has 0 aliphatic heterocycles. The number of aromatic nitrogens is 1. The highest BCUT2D eigenvalue weighted by Crippen LogP contribution is 2.17. The summed E-state index contributed by atoms with van der Waals surface area (Å²) >= 11 is 0. The van der Waals surface area contributed by atoms with E-state index in [9.17, 15) is 4.39 Å². The number of nitrogens with one attached hydrogen (secondary N) is 1. The summed E-state index contributed by atoms with van der Waals surface area (Å²) in [6.07, 6.45) is 4.38. The van der Waals surface area contributed by atoms with Gasteiger partial charge in [-0.15, -0.1) is 0 Å². The predicted molar refractivity (Wildman–Crippen MR) is 83.6 cm³/mol. The van der Waals surface area contributed by atoms with Crippen LogP contribution in [0.15, 0.2) is 60.9 Å². The van der Waals surface area contributed by atoms with Crippen LogP contribution in [0.1, 0.15) is 11.1 Å². The highest BCUT2D eigenvalue weighted by atomic mass is 19.1. The van der Waals surface area contributed by atoms with Gasteiger partial charge < -0.3 is 5.32 Å². The summed E-state index contributed by atoms with van der Waals surface area (Å²) in [5, 5.41) is 5.74. The van der Waals surface area contributed by atoms with Gasteiger partial charge in [-0.25, -0.2) is 4.39 Å². The molecule has 1 heterocycles. The van der Waals surface area contributed by atoms with Crippen LogP contribution in [0, 0.1) is 5.82 Å². The molecule has 0 aliphatic carbocycles. The molecule has 3 heteroatoms. The lowest BCUT2D eigenvalue weighted by Gasteiger charge is -2.08. The van der Waals surface area contributed by atoms with E-state index < -0.39 is 0 Å². The number of pyridine rings is 1. The molecule has 2 nitrogen and oxygen atoms in total. The van der Waals surface area contributed by atoms with Crippen molar-refractivity contribution < 1.29 is 4.39 Å². The summed E-state index contributed by atoms with van der Waals surface area (Å²) < 4.78 is 13.5. The maximum Gasteiger partial charge on any atom is 0.126 e. The molecule has 3 aromatic rings. The summed E-state index contributed by atoms with van der Waals surface area (Å²) in [4.78, 5) is 4.14. The minimum absolute atomic E-state index is 0.129. The average Bonchev–Trinajstić information content (AvgIpc) is 2.53. The first-order valence-corrected chi connectivity index (χ1v) is 7.10. The van der Waals surface area contributed by atoms with Crippen molar-refractivity contribution in [2.75, 3.05) is 6.54 Å². The van der Waals surface area contributed by atoms with Gasteiger partial charge in [-0.2, -0.15) is 0 Å². The maximum absolute atomic E-state index is 13.5. The van der Waals surface area contributed by atoms with Crippen LogP contribution in [-0.2, 0) is 13.0 Å². The van der Waals surface area contributed by atoms with Crippen molar-refractivity contribution in [2.45, 2.75) is 13.0 Å².